The number of furan rings is 1. The van der Waals surface area contributed by atoms with Gasteiger partial charge in [0.15, 0.2) is 11.7 Å². The summed E-state index contributed by atoms with van der Waals surface area (Å²) in [7, 11) is 0. The summed E-state index contributed by atoms with van der Waals surface area (Å²) in [6.07, 6.45) is 4.93. The van der Waals surface area contributed by atoms with Crippen molar-refractivity contribution in [3.8, 4) is 5.75 Å². The van der Waals surface area contributed by atoms with Crippen LogP contribution >= 0.6 is 12.2 Å². The average molecular weight is 431 g/mol. The molecule has 0 unspecified atom stereocenters. The van der Waals surface area contributed by atoms with Gasteiger partial charge in [0.25, 0.3) is 5.91 Å². The molecule has 0 radical (unpaired) electrons. The second-order valence-corrected chi connectivity index (χ2v) is 6.20. The second-order valence-electron chi connectivity index (χ2n) is 5.79. The Bertz CT molecular complexity index is 894. The minimum Gasteiger partial charge on any atom is -0.484 e. The van der Waals surface area contributed by atoms with E-state index in [-0.39, 0.29) is 11.7 Å². The van der Waals surface area contributed by atoms with Gasteiger partial charge in [-0.05, 0) is 61.1 Å². The third kappa shape index (κ3) is 8.15. The third-order valence-corrected chi connectivity index (χ3v) is 3.60. The molecular weight excluding hydrogens is 410 g/mol. The Morgan fingerprint density at radius 3 is 2.57 bits per heavy atom. The van der Waals surface area contributed by atoms with Crippen molar-refractivity contribution in [1.29, 1.82) is 0 Å². The van der Waals surface area contributed by atoms with Gasteiger partial charge in [0.2, 0.25) is 5.91 Å². The van der Waals surface area contributed by atoms with Crippen molar-refractivity contribution in [1.82, 2.24) is 16.2 Å². The maximum atomic E-state index is 11.8. The van der Waals surface area contributed by atoms with E-state index in [1.807, 2.05) is 6.92 Å². The highest BCUT2D eigenvalue weighted by molar-refractivity contribution is 7.80. The van der Waals surface area contributed by atoms with Gasteiger partial charge in [0.05, 0.1) is 18.4 Å². The predicted octanol–water partition coefficient (Wildman–Crippen LogP) is 1.96. The van der Waals surface area contributed by atoms with E-state index in [4.69, 9.17) is 26.1 Å². The quantitative estimate of drug-likeness (QED) is 0.251. The van der Waals surface area contributed by atoms with E-state index in [2.05, 4.69) is 16.2 Å². The molecule has 0 saturated heterocycles. The maximum absolute atomic E-state index is 11.8. The van der Waals surface area contributed by atoms with Crippen molar-refractivity contribution < 1.29 is 28.3 Å². The Morgan fingerprint density at radius 2 is 1.90 bits per heavy atom. The van der Waals surface area contributed by atoms with Gasteiger partial charge >= 0.3 is 5.97 Å². The smallest absolute Gasteiger partial charge is 0.338 e. The molecule has 2 aromatic rings. The molecule has 0 aliphatic carbocycles. The molecule has 1 aromatic carbocycles. The lowest BCUT2D eigenvalue weighted by Crippen LogP contribution is -2.49. The first-order valence-corrected chi connectivity index (χ1v) is 9.40. The van der Waals surface area contributed by atoms with E-state index in [0.717, 1.165) is 6.42 Å². The molecule has 0 fully saturated rings. The van der Waals surface area contributed by atoms with Gasteiger partial charge < -0.3 is 13.9 Å². The summed E-state index contributed by atoms with van der Waals surface area (Å²) in [5.74, 6) is -0.521. The van der Waals surface area contributed by atoms with E-state index in [1.54, 1.807) is 36.4 Å². The molecule has 1 aromatic heterocycles. The number of hydrogen-bond acceptors (Lipinski definition) is 7. The number of carbonyl (C=O) groups excluding carboxylic acids is 3. The van der Waals surface area contributed by atoms with Crippen LogP contribution in [0.1, 0.15) is 29.5 Å². The highest BCUT2D eigenvalue weighted by atomic mass is 32.1. The predicted molar refractivity (Wildman–Crippen MR) is 112 cm³/mol. The number of ether oxygens (including phenoxy) is 2. The Balaban J connectivity index is 1.67. The average Bonchev–Trinajstić information content (AvgIpc) is 3.27. The van der Waals surface area contributed by atoms with Crippen LogP contribution in [0.2, 0.25) is 0 Å². The van der Waals surface area contributed by atoms with Crippen LogP contribution in [0.15, 0.2) is 53.2 Å². The fourth-order valence-corrected chi connectivity index (χ4v) is 2.16. The molecule has 0 aliphatic rings. The van der Waals surface area contributed by atoms with Crippen molar-refractivity contribution in [2.75, 3.05) is 13.2 Å². The number of benzene rings is 1. The summed E-state index contributed by atoms with van der Waals surface area (Å²) in [6.45, 7) is 1.96. The van der Waals surface area contributed by atoms with Crippen LogP contribution in [-0.4, -0.2) is 36.1 Å². The van der Waals surface area contributed by atoms with Gasteiger partial charge in [0.1, 0.15) is 11.5 Å². The summed E-state index contributed by atoms with van der Waals surface area (Å²) in [5, 5.41) is 2.27. The lowest BCUT2D eigenvalue weighted by atomic mass is 10.2. The first kappa shape index (κ1) is 22.6. The molecular formula is C20H21N3O6S. The Labute approximate surface area is 178 Å². The summed E-state index contributed by atoms with van der Waals surface area (Å²) < 4.78 is 15.4. The van der Waals surface area contributed by atoms with Gasteiger partial charge in [-0.1, -0.05) is 6.92 Å². The van der Waals surface area contributed by atoms with E-state index in [1.165, 1.54) is 18.4 Å². The molecule has 0 spiro atoms. The van der Waals surface area contributed by atoms with Crippen LogP contribution < -0.4 is 20.9 Å². The van der Waals surface area contributed by atoms with Gasteiger partial charge in [-0.15, -0.1) is 0 Å². The molecule has 30 heavy (non-hydrogen) atoms. The molecule has 0 saturated carbocycles. The summed E-state index contributed by atoms with van der Waals surface area (Å²) in [6, 6.07) is 9.58. The van der Waals surface area contributed by atoms with Gasteiger partial charge in [-0.3, -0.25) is 25.8 Å². The molecule has 158 valence electrons. The molecule has 2 rings (SSSR count). The maximum Gasteiger partial charge on any atom is 0.338 e. The molecule has 2 amide bonds. The molecule has 0 bridgehead atoms. The Hall–Kier alpha value is -3.66. The first-order valence-electron chi connectivity index (χ1n) is 8.99. The summed E-state index contributed by atoms with van der Waals surface area (Å²) in [5.41, 5.74) is 5.07. The molecule has 10 heteroatoms. The summed E-state index contributed by atoms with van der Waals surface area (Å²) in [4.78, 5) is 35.2. The topological polar surface area (TPSA) is 119 Å². The lowest BCUT2D eigenvalue weighted by Gasteiger charge is -2.10. The van der Waals surface area contributed by atoms with E-state index >= 15 is 0 Å². The van der Waals surface area contributed by atoms with Crippen molar-refractivity contribution in [2.24, 2.45) is 0 Å². The second kappa shape index (κ2) is 12.0. The minimum atomic E-state index is -0.524. The standard InChI is InChI=1S/C20H21N3O6S/c1-2-11-28-19(26)14-5-7-16(8-6-14)29-13-18(25)22-23-20(30)21-17(24)10-9-15-4-3-12-27-15/h3-10,12H,2,11,13H2,1H3,(H,22,25)(H2,21,23,24,30)/b10-9+. The van der Waals surface area contributed by atoms with Crippen molar-refractivity contribution in [3.05, 3.63) is 60.1 Å². The number of thiocarbonyl (C=S) groups is 1. The number of esters is 1. The highest BCUT2D eigenvalue weighted by Crippen LogP contribution is 2.13. The number of hydrogen-bond donors (Lipinski definition) is 3. The van der Waals surface area contributed by atoms with Crippen molar-refractivity contribution in [3.63, 3.8) is 0 Å². The van der Waals surface area contributed by atoms with E-state index < -0.39 is 17.8 Å². The fourth-order valence-electron chi connectivity index (χ4n) is 2.01. The summed E-state index contributed by atoms with van der Waals surface area (Å²) >= 11 is 4.91. The molecule has 0 aliphatic heterocycles. The first-order chi connectivity index (χ1) is 14.5. The van der Waals surface area contributed by atoms with Gasteiger partial charge in [-0.25, -0.2) is 4.79 Å². The normalized spacial score (nSPS) is 10.3. The molecule has 3 N–H and O–H groups in total. The lowest BCUT2D eigenvalue weighted by molar-refractivity contribution is -0.123. The molecule has 1 heterocycles. The Morgan fingerprint density at radius 1 is 1.13 bits per heavy atom. The fraction of sp³-hybridized carbons (Fsp3) is 0.200. The van der Waals surface area contributed by atoms with Gasteiger partial charge in [-0.2, -0.15) is 0 Å². The van der Waals surface area contributed by atoms with Crippen LogP contribution in [0.5, 0.6) is 5.75 Å². The number of carbonyl (C=O) groups is 3. The number of rotatable bonds is 8. The van der Waals surface area contributed by atoms with Crippen molar-refractivity contribution >= 4 is 41.2 Å². The molecule has 9 nitrogen and oxygen atoms in total. The van der Waals surface area contributed by atoms with Crippen LogP contribution in [0, 0.1) is 0 Å². The van der Waals surface area contributed by atoms with E-state index in [0.29, 0.717) is 23.7 Å². The SMILES string of the molecule is CCCOC(=O)c1ccc(OCC(=O)NNC(=S)NC(=O)/C=C/c2ccco2)cc1. The monoisotopic (exact) mass is 431 g/mol. The number of amides is 2. The zero-order valence-corrected chi connectivity index (χ0v) is 17.0. The van der Waals surface area contributed by atoms with Crippen molar-refractivity contribution in [2.45, 2.75) is 13.3 Å². The zero-order valence-electron chi connectivity index (χ0n) is 16.2. The third-order valence-electron chi connectivity index (χ3n) is 3.39. The number of nitrogens with one attached hydrogen (secondary N) is 3. The Kier molecular flexibility index (Phi) is 9.07. The largest absolute Gasteiger partial charge is 0.484 e. The molecule has 0 atom stereocenters. The minimum absolute atomic E-state index is 0.0904. The zero-order chi connectivity index (χ0) is 21.8. The van der Waals surface area contributed by atoms with Crippen LogP contribution in [0.3, 0.4) is 0 Å². The van der Waals surface area contributed by atoms with Crippen LogP contribution in [0.25, 0.3) is 6.08 Å². The van der Waals surface area contributed by atoms with Gasteiger partial charge in [0, 0.05) is 6.08 Å². The van der Waals surface area contributed by atoms with Crippen LogP contribution in [-0.2, 0) is 14.3 Å². The van der Waals surface area contributed by atoms with E-state index in [9.17, 15) is 14.4 Å². The number of hydrazine groups is 1. The van der Waals surface area contributed by atoms with Crippen LogP contribution in [0.4, 0.5) is 0 Å². The highest BCUT2D eigenvalue weighted by Gasteiger charge is 2.08.